The van der Waals surface area contributed by atoms with Gasteiger partial charge in [-0.3, -0.25) is 20.3 Å². The van der Waals surface area contributed by atoms with Gasteiger partial charge in [-0.25, -0.2) is 9.80 Å². The second-order valence-corrected chi connectivity index (χ2v) is 5.45. The highest BCUT2D eigenvalue weighted by Gasteiger charge is 2.48. The summed E-state index contributed by atoms with van der Waals surface area (Å²) in [6.07, 6.45) is -4.22. The maximum absolute atomic E-state index is 13.0. The number of carbonyl (C=O) groups is 3. The van der Waals surface area contributed by atoms with Gasteiger partial charge in [0.1, 0.15) is 6.54 Å². The quantitative estimate of drug-likeness (QED) is 0.824. The molecular weight excluding hydrogens is 315 g/mol. The van der Waals surface area contributed by atoms with E-state index in [0.29, 0.717) is 0 Å². The largest absolute Gasteiger partial charge is 0.416 e. The van der Waals surface area contributed by atoms with E-state index in [1.807, 2.05) is 5.32 Å². The summed E-state index contributed by atoms with van der Waals surface area (Å²) in [4.78, 5) is 34.4. The molecule has 1 saturated carbocycles. The van der Waals surface area contributed by atoms with Gasteiger partial charge in [-0.05, 0) is 24.0 Å². The van der Waals surface area contributed by atoms with Gasteiger partial charge in [0.05, 0.1) is 5.56 Å². The Bertz CT molecular complexity index is 689. The molecule has 0 aromatic heterocycles. The summed E-state index contributed by atoms with van der Waals surface area (Å²) in [5.41, 5.74) is 1.58. The van der Waals surface area contributed by atoms with Gasteiger partial charge in [-0.2, -0.15) is 13.2 Å². The topological polar surface area (TPSA) is 78.5 Å². The van der Waals surface area contributed by atoms with Crippen molar-refractivity contribution in [3.63, 3.8) is 0 Å². The first-order chi connectivity index (χ1) is 10.8. The molecule has 1 aromatic carbocycles. The lowest BCUT2D eigenvalue weighted by atomic mass is 10.0. The fourth-order valence-corrected chi connectivity index (χ4v) is 2.65. The number of halogens is 3. The molecule has 1 aromatic rings. The van der Waals surface area contributed by atoms with Crippen LogP contribution in [0, 0.1) is 5.92 Å². The highest BCUT2D eigenvalue weighted by atomic mass is 19.4. The summed E-state index contributed by atoms with van der Waals surface area (Å²) in [6.45, 7) is -0.304. The lowest BCUT2D eigenvalue weighted by Gasteiger charge is -2.15. The highest BCUT2D eigenvalue weighted by molar-refractivity contribution is 6.02. The van der Waals surface area contributed by atoms with Gasteiger partial charge in [0, 0.05) is 5.92 Å². The van der Waals surface area contributed by atoms with Crippen LogP contribution >= 0.6 is 0 Å². The number of nitrogens with zero attached hydrogens (tertiary/aromatic N) is 1. The predicted octanol–water partition coefficient (Wildman–Crippen LogP) is 1.39. The van der Waals surface area contributed by atoms with Crippen LogP contribution in [0.15, 0.2) is 24.3 Å². The Kier molecular flexibility index (Phi) is 3.50. The third-order valence-corrected chi connectivity index (χ3v) is 3.83. The molecule has 4 amide bonds. The van der Waals surface area contributed by atoms with Crippen molar-refractivity contribution in [1.82, 2.24) is 15.8 Å². The first-order valence-corrected chi connectivity index (χ1v) is 6.85. The second-order valence-electron chi connectivity index (χ2n) is 5.45. The van der Waals surface area contributed by atoms with Crippen LogP contribution in [0.1, 0.15) is 23.5 Å². The molecule has 2 aliphatic rings. The minimum Gasteiger partial charge on any atom is -0.275 e. The van der Waals surface area contributed by atoms with Gasteiger partial charge >= 0.3 is 12.2 Å². The third-order valence-electron chi connectivity index (χ3n) is 3.83. The number of hydrazine groups is 1. The molecule has 9 heteroatoms. The Morgan fingerprint density at radius 3 is 2.57 bits per heavy atom. The predicted molar refractivity (Wildman–Crippen MR) is 70.7 cm³/mol. The number of imide groups is 1. The van der Waals surface area contributed by atoms with Gasteiger partial charge in [0.25, 0.3) is 0 Å². The van der Waals surface area contributed by atoms with Crippen molar-refractivity contribution in [2.75, 3.05) is 6.54 Å². The monoisotopic (exact) mass is 327 g/mol. The number of carbonyl (C=O) groups excluding carboxylic acids is 3. The van der Waals surface area contributed by atoms with E-state index in [1.54, 1.807) is 0 Å². The van der Waals surface area contributed by atoms with Gasteiger partial charge in [-0.15, -0.1) is 0 Å². The Morgan fingerprint density at radius 1 is 1.26 bits per heavy atom. The molecule has 1 aliphatic carbocycles. The fourth-order valence-electron chi connectivity index (χ4n) is 2.65. The molecule has 6 nitrogen and oxygen atoms in total. The fraction of sp³-hybridized carbons (Fsp3) is 0.357. The number of nitrogens with one attached hydrogen (secondary N) is 2. The molecule has 1 aliphatic heterocycles. The molecule has 23 heavy (non-hydrogen) atoms. The molecule has 0 spiro atoms. The first-order valence-electron chi connectivity index (χ1n) is 6.85. The first kappa shape index (κ1) is 15.3. The van der Waals surface area contributed by atoms with Crippen LogP contribution in [0.4, 0.5) is 18.0 Å². The van der Waals surface area contributed by atoms with Crippen LogP contribution in [0.2, 0.25) is 0 Å². The van der Waals surface area contributed by atoms with Crippen molar-refractivity contribution in [2.24, 2.45) is 5.92 Å². The zero-order valence-corrected chi connectivity index (χ0v) is 11.7. The summed E-state index contributed by atoms with van der Waals surface area (Å²) >= 11 is 0. The third kappa shape index (κ3) is 2.99. The average Bonchev–Trinajstić information content (AvgIpc) is 3.20. The number of alkyl halides is 3. The molecular formula is C14H12F3N3O3. The maximum atomic E-state index is 13.0. The number of hydrogen-bond donors (Lipinski definition) is 2. The molecule has 2 N–H and O–H groups in total. The van der Waals surface area contributed by atoms with E-state index >= 15 is 0 Å². The van der Waals surface area contributed by atoms with Crippen molar-refractivity contribution >= 4 is 17.8 Å². The van der Waals surface area contributed by atoms with Crippen LogP contribution in [0.5, 0.6) is 0 Å². The smallest absolute Gasteiger partial charge is 0.275 e. The van der Waals surface area contributed by atoms with Crippen LogP contribution in [0.25, 0.3) is 0 Å². The lowest BCUT2D eigenvalue weighted by molar-refractivity contribution is -0.138. The number of amides is 4. The van der Waals surface area contributed by atoms with Gasteiger partial charge in [0.15, 0.2) is 0 Å². The summed E-state index contributed by atoms with van der Waals surface area (Å²) in [6, 6.07) is 4.37. The summed E-state index contributed by atoms with van der Waals surface area (Å²) < 4.78 is 39.0. The van der Waals surface area contributed by atoms with E-state index in [9.17, 15) is 27.6 Å². The summed E-state index contributed by atoms with van der Waals surface area (Å²) in [7, 11) is 0. The number of rotatable bonds is 3. The minimum atomic E-state index is -4.48. The lowest BCUT2D eigenvalue weighted by Crippen LogP contribution is -2.45. The van der Waals surface area contributed by atoms with Crippen LogP contribution in [-0.4, -0.2) is 29.4 Å². The molecule has 122 valence electrons. The standard InChI is InChI=1S/C14H12F3N3O3/c15-14(16,17)10-4-2-1-3-7(10)8-5-9(8)12(22)19-20-6-11(21)18-13(20)23/h1-4,8-9H,5-6H2,(H,19,22)(H,18,21,23)/t8-,9+/m0/s1. The maximum Gasteiger partial charge on any atom is 0.416 e. The minimum absolute atomic E-state index is 0.0714. The van der Waals surface area contributed by atoms with Crippen LogP contribution in [0.3, 0.4) is 0 Å². The molecule has 3 rings (SSSR count). The Labute approximate surface area is 128 Å². The molecule has 0 bridgehead atoms. The van der Waals surface area contributed by atoms with E-state index in [0.717, 1.165) is 11.1 Å². The Hall–Kier alpha value is -2.58. The summed E-state index contributed by atoms with van der Waals surface area (Å²) in [5.74, 6) is -2.32. The van der Waals surface area contributed by atoms with E-state index in [-0.39, 0.29) is 18.5 Å². The van der Waals surface area contributed by atoms with Crippen molar-refractivity contribution in [1.29, 1.82) is 0 Å². The number of benzene rings is 1. The SMILES string of the molecule is O=C1CN(NC(=O)[C@@H]2C[C@H]2c2ccccc2C(F)(F)F)C(=O)N1. The van der Waals surface area contributed by atoms with Crippen molar-refractivity contribution in [2.45, 2.75) is 18.5 Å². The van der Waals surface area contributed by atoms with Gasteiger partial charge in [0.2, 0.25) is 11.8 Å². The number of urea groups is 1. The molecule has 1 heterocycles. The zero-order valence-electron chi connectivity index (χ0n) is 11.7. The number of hydrogen-bond acceptors (Lipinski definition) is 3. The average molecular weight is 327 g/mol. The Balaban J connectivity index is 1.69. The molecule has 0 unspecified atom stereocenters. The molecule has 1 saturated heterocycles. The highest BCUT2D eigenvalue weighted by Crippen LogP contribution is 2.51. The van der Waals surface area contributed by atoms with Crippen molar-refractivity contribution in [3.8, 4) is 0 Å². The van der Waals surface area contributed by atoms with E-state index in [1.165, 1.54) is 18.2 Å². The second kappa shape index (κ2) is 5.25. The van der Waals surface area contributed by atoms with Crippen LogP contribution < -0.4 is 10.7 Å². The Morgan fingerprint density at radius 2 is 1.96 bits per heavy atom. The van der Waals surface area contributed by atoms with E-state index < -0.39 is 41.4 Å². The molecule has 2 fully saturated rings. The summed E-state index contributed by atoms with van der Waals surface area (Å²) in [5, 5.41) is 2.80. The van der Waals surface area contributed by atoms with Gasteiger partial charge in [-0.1, -0.05) is 18.2 Å². The molecule has 2 atom stereocenters. The van der Waals surface area contributed by atoms with Crippen LogP contribution in [-0.2, 0) is 15.8 Å². The van der Waals surface area contributed by atoms with Gasteiger partial charge < -0.3 is 0 Å². The molecule has 0 radical (unpaired) electrons. The van der Waals surface area contributed by atoms with E-state index in [4.69, 9.17) is 0 Å². The van der Waals surface area contributed by atoms with Crippen molar-refractivity contribution < 1.29 is 27.6 Å². The normalized spacial score (nSPS) is 23.7. The van der Waals surface area contributed by atoms with Crippen molar-refractivity contribution in [3.05, 3.63) is 35.4 Å². The van der Waals surface area contributed by atoms with E-state index in [2.05, 4.69) is 5.43 Å². The zero-order chi connectivity index (χ0) is 16.8.